The van der Waals surface area contributed by atoms with Gasteiger partial charge in [-0.25, -0.2) is 14.6 Å². The third kappa shape index (κ3) is 2.11. The molecule has 0 saturated carbocycles. The normalized spacial score (nSPS) is 13.2. The van der Waals surface area contributed by atoms with Crippen LogP contribution in [-0.2, 0) is 6.42 Å². The second-order valence-electron chi connectivity index (χ2n) is 3.91. The molecular weight excluding hydrogens is 206 g/mol. The zero-order valence-electron chi connectivity index (χ0n) is 9.33. The molecule has 2 heterocycles. The third-order valence-electron chi connectivity index (χ3n) is 2.35. The number of nitrogens with zero attached hydrogens (tertiary/aromatic N) is 4. The van der Waals surface area contributed by atoms with Crippen LogP contribution in [0.3, 0.4) is 0 Å². The standard InChI is InChI=1S/C10H15N5O/c1-7(2)15-9(13-6-14-15)5-8(16)10-11-3-4-12-10/h3-4,6-8,16H,5H2,1-2H3,(H,11,12). The van der Waals surface area contributed by atoms with Gasteiger partial charge in [0.1, 0.15) is 24.1 Å². The van der Waals surface area contributed by atoms with Crippen molar-refractivity contribution in [2.24, 2.45) is 0 Å². The van der Waals surface area contributed by atoms with E-state index in [-0.39, 0.29) is 6.04 Å². The van der Waals surface area contributed by atoms with E-state index in [0.29, 0.717) is 12.2 Å². The van der Waals surface area contributed by atoms with Crippen LogP contribution in [0.15, 0.2) is 18.7 Å². The molecule has 16 heavy (non-hydrogen) atoms. The quantitative estimate of drug-likeness (QED) is 0.802. The fourth-order valence-corrected chi connectivity index (χ4v) is 1.58. The number of hydrogen-bond donors (Lipinski definition) is 2. The highest BCUT2D eigenvalue weighted by Crippen LogP contribution is 2.14. The number of H-pyrrole nitrogens is 1. The van der Waals surface area contributed by atoms with Gasteiger partial charge in [-0.1, -0.05) is 0 Å². The molecule has 0 aliphatic carbocycles. The number of imidazole rings is 1. The van der Waals surface area contributed by atoms with E-state index in [9.17, 15) is 5.11 Å². The molecule has 0 aliphatic heterocycles. The molecule has 0 fully saturated rings. The Balaban J connectivity index is 2.12. The molecule has 2 aromatic rings. The molecule has 2 rings (SSSR count). The van der Waals surface area contributed by atoms with E-state index in [1.807, 2.05) is 13.8 Å². The zero-order valence-corrected chi connectivity index (χ0v) is 9.33. The van der Waals surface area contributed by atoms with E-state index in [4.69, 9.17) is 0 Å². The molecule has 0 radical (unpaired) electrons. The highest BCUT2D eigenvalue weighted by atomic mass is 16.3. The van der Waals surface area contributed by atoms with Crippen LogP contribution in [0.1, 0.15) is 37.6 Å². The number of nitrogens with one attached hydrogen (secondary N) is 1. The molecule has 1 atom stereocenters. The van der Waals surface area contributed by atoms with Crippen molar-refractivity contribution >= 4 is 0 Å². The minimum absolute atomic E-state index is 0.237. The van der Waals surface area contributed by atoms with Gasteiger partial charge in [-0.2, -0.15) is 5.10 Å². The number of aromatic nitrogens is 5. The summed E-state index contributed by atoms with van der Waals surface area (Å²) < 4.78 is 1.80. The second kappa shape index (κ2) is 4.44. The second-order valence-corrected chi connectivity index (χ2v) is 3.91. The van der Waals surface area contributed by atoms with E-state index in [1.54, 1.807) is 17.1 Å². The highest BCUT2D eigenvalue weighted by molar-refractivity contribution is 4.98. The summed E-state index contributed by atoms with van der Waals surface area (Å²) in [4.78, 5) is 11.0. The maximum Gasteiger partial charge on any atom is 0.138 e. The molecule has 2 N–H and O–H groups in total. The molecular formula is C10H15N5O. The Bertz CT molecular complexity index is 434. The first kappa shape index (κ1) is 10.8. The van der Waals surface area contributed by atoms with Crippen molar-refractivity contribution in [1.29, 1.82) is 0 Å². The first-order valence-corrected chi connectivity index (χ1v) is 5.24. The third-order valence-corrected chi connectivity index (χ3v) is 2.35. The lowest BCUT2D eigenvalue weighted by Crippen LogP contribution is -2.12. The van der Waals surface area contributed by atoms with E-state index >= 15 is 0 Å². The van der Waals surface area contributed by atoms with Gasteiger partial charge in [0.25, 0.3) is 0 Å². The van der Waals surface area contributed by atoms with Crippen molar-refractivity contribution in [1.82, 2.24) is 24.7 Å². The fraction of sp³-hybridized carbons (Fsp3) is 0.500. The first-order chi connectivity index (χ1) is 7.68. The van der Waals surface area contributed by atoms with Crippen molar-refractivity contribution in [3.05, 3.63) is 30.4 Å². The fourth-order valence-electron chi connectivity index (χ4n) is 1.58. The highest BCUT2D eigenvalue weighted by Gasteiger charge is 2.15. The number of aromatic amines is 1. The SMILES string of the molecule is CC(C)n1ncnc1CC(O)c1ncc[nH]1. The van der Waals surface area contributed by atoms with Crippen molar-refractivity contribution in [3.63, 3.8) is 0 Å². The summed E-state index contributed by atoms with van der Waals surface area (Å²) in [5.74, 6) is 1.32. The minimum Gasteiger partial charge on any atom is -0.385 e. The maximum atomic E-state index is 9.91. The molecule has 0 amide bonds. The minimum atomic E-state index is -0.670. The van der Waals surface area contributed by atoms with Gasteiger partial charge in [0.15, 0.2) is 0 Å². The largest absolute Gasteiger partial charge is 0.385 e. The van der Waals surface area contributed by atoms with Crippen LogP contribution in [0.2, 0.25) is 0 Å². The van der Waals surface area contributed by atoms with Crippen molar-refractivity contribution in [2.45, 2.75) is 32.4 Å². The summed E-state index contributed by atoms with van der Waals surface area (Å²) in [6, 6.07) is 0.237. The Morgan fingerprint density at radius 3 is 2.88 bits per heavy atom. The molecule has 0 bridgehead atoms. The first-order valence-electron chi connectivity index (χ1n) is 5.24. The van der Waals surface area contributed by atoms with Crippen LogP contribution >= 0.6 is 0 Å². The average molecular weight is 221 g/mol. The lowest BCUT2D eigenvalue weighted by Gasteiger charge is -2.11. The lowest BCUT2D eigenvalue weighted by molar-refractivity contribution is 0.164. The number of aliphatic hydroxyl groups excluding tert-OH is 1. The van der Waals surface area contributed by atoms with Gasteiger partial charge in [-0.05, 0) is 13.8 Å². The van der Waals surface area contributed by atoms with Gasteiger partial charge < -0.3 is 10.1 Å². The summed E-state index contributed by atoms with van der Waals surface area (Å²) in [5, 5.41) is 14.0. The van der Waals surface area contributed by atoms with Gasteiger partial charge in [-0.3, -0.25) is 0 Å². The van der Waals surface area contributed by atoms with Crippen LogP contribution in [0.25, 0.3) is 0 Å². The Labute approximate surface area is 93.4 Å². The summed E-state index contributed by atoms with van der Waals surface area (Å²) in [6.45, 7) is 4.05. The summed E-state index contributed by atoms with van der Waals surface area (Å²) in [7, 11) is 0. The van der Waals surface area contributed by atoms with E-state index in [0.717, 1.165) is 5.82 Å². The Kier molecular flexibility index (Phi) is 3.00. The molecule has 0 aromatic carbocycles. The number of aliphatic hydroxyl groups is 1. The summed E-state index contributed by atoms with van der Waals surface area (Å²) in [5.41, 5.74) is 0. The lowest BCUT2D eigenvalue weighted by atomic mass is 10.2. The predicted octanol–water partition coefficient (Wildman–Crippen LogP) is 0.858. The Morgan fingerprint density at radius 1 is 1.44 bits per heavy atom. The van der Waals surface area contributed by atoms with Gasteiger partial charge in [0, 0.05) is 24.9 Å². The predicted molar refractivity (Wildman–Crippen MR) is 57.7 cm³/mol. The van der Waals surface area contributed by atoms with Crippen LogP contribution in [0, 0.1) is 0 Å². The van der Waals surface area contributed by atoms with Gasteiger partial charge >= 0.3 is 0 Å². The maximum absolute atomic E-state index is 9.91. The molecule has 6 heteroatoms. The van der Waals surface area contributed by atoms with E-state index in [1.165, 1.54) is 6.33 Å². The molecule has 2 aromatic heterocycles. The van der Waals surface area contributed by atoms with Crippen LogP contribution < -0.4 is 0 Å². The van der Waals surface area contributed by atoms with Gasteiger partial charge in [0.2, 0.25) is 0 Å². The van der Waals surface area contributed by atoms with Crippen molar-refractivity contribution in [2.75, 3.05) is 0 Å². The molecule has 0 spiro atoms. The topological polar surface area (TPSA) is 79.6 Å². The van der Waals surface area contributed by atoms with Crippen molar-refractivity contribution < 1.29 is 5.11 Å². The summed E-state index contributed by atoms with van der Waals surface area (Å²) >= 11 is 0. The van der Waals surface area contributed by atoms with Gasteiger partial charge in [0.05, 0.1) is 0 Å². The van der Waals surface area contributed by atoms with E-state index in [2.05, 4.69) is 20.1 Å². The zero-order chi connectivity index (χ0) is 11.5. The molecule has 1 unspecified atom stereocenters. The monoisotopic (exact) mass is 221 g/mol. The summed E-state index contributed by atoms with van der Waals surface area (Å²) in [6.07, 6.45) is 4.55. The van der Waals surface area contributed by atoms with Crippen LogP contribution in [0.4, 0.5) is 0 Å². The molecule has 86 valence electrons. The Morgan fingerprint density at radius 2 is 2.25 bits per heavy atom. The van der Waals surface area contributed by atoms with Gasteiger partial charge in [-0.15, -0.1) is 0 Å². The average Bonchev–Trinajstić information content (AvgIpc) is 2.86. The molecule has 6 nitrogen and oxygen atoms in total. The number of rotatable bonds is 4. The smallest absolute Gasteiger partial charge is 0.138 e. The van der Waals surface area contributed by atoms with Crippen LogP contribution in [-0.4, -0.2) is 29.8 Å². The van der Waals surface area contributed by atoms with E-state index < -0.39 is 6.10 Å². The molecule has 0 saturated heterocycles. The Hall–Kier alpha value is -1.69. The van der Waals surface area contributed by atoms with Crippen LogP contribution in [0.5, 0.6) is 0 Å². The van der Waals surface area contributed by atoms with Crippen molar-refractivity contribution in [3.8, 4) is 0 Å². The number of hydrogen-bond acceptors (Lipinski definition) is 4. The molecule has 0 aliphatic rings.